The Morgan fingerprint density at radius 3 is 2.19 bits per heavy atom. The summed E-state index contributed by atoms with van der Waals surface area (Å²) in [5.41, 5.74) is 5.41. The van der Waals surface area contributed by atoms with Crippen LogP contribution >= 0.6 is 12.4 Å². The van der Waals surface area contributed by atoms with Gasteiger partial charge in [-0.3, -0.25) is 0 Å². The Balaban J connectivity index is 0.00000225. The van der Waals surface area contributed by atoms with E-state index in [9.17, 15) is 13.2 Å². The van der Waals surface area contributed by atoms with Gasteiger partial charge in [-0.25, -0.2) is 0 Å². The molecule has 0 saturated carbocycles. The standard InChI is InChI=1S/C9H10F3NO2.ClH/c10-9(11,12)4-6(13)5-1-2-7(14)8(15)3-5;/h1-3,6,14-15H,4,13H2;1H/t6-;/m0./s1. The van der Waals surface area contributed by atoms with E-state index in [0.717, 1.165) is 12.1 Å². The molecule has 0 aliphatic heterocycles. The second kappa shape index (κ2) is 5.27. The zero-order valence-electron chi connectivity index (χ0n) is 8.03. The van der Waals surface area contributed by atoms with Crippen molar-refractivity contribution < 1.29 is 23.4 Å². The van der Waals surface area contributed by atoms with E-state index in [1.807, 2.05) is 0 Å². The number of phenols is 2. The van der Waals surface area contributed by atoms with Gasteiger partial charge in [0.05, 0.1) is 6.42 Å². The van der Waals surface area contributed by atoms with E-state index in [0.29, 0.717) is 0 Å². The summed E-state index contributed by atoms with van der Waals surface area (Å²) >= 11 is 0. The Morgan fingerprint density at radius 2 is 1.75 bits per heavy atom. The minimum absolute atomic E-state index is 0. The second-order valence-electron chi connectivity index (χ2n) is 3.17. The van der Waals surface area contributed by atoms with Crippen LogP contribution in [0.3, 0.4) is 0 Å². The lowest BCUT2D eigenvalue weighted by molar-refractivity contribution is -0.138. The van der Waals surface area contributed by atoms with Gasteiger partial charge in [0, 0.05) is 6.04 Å². The number of phenolic OH excluding ortho intramolecular Hbond substituents is 2. The molecule has 0 fully saturated rings. The molecular formula is C9H11ClF3NO2. The van der Waals surface area contributed by atoms with Gasteiger partial charge >= 0.3 is 6.18 Å². The molecule has 0 amide bonds. The number of halogens is 4. The molecule has 0 radical (unpaired) electrons. The summed E-state index contributed by atoms with van der Waals surface area (Å²) < 4.78 is 35.9. The Kier molecular flexibility index (Phi) is 4.89. The Labute approximate surface area is 96.1 Å². The van der Waals surface area contributed by atoms with Gasteiger partial charge in [-0.2, -0.15) is 13.2 Å². The van der Waals surface area contributed by atoms with Gasteiger partial charge in [-0.05, 0) is 17.7 Å². The molecule has 92 valence electrons. The van der Waals surface area contributed by atoms with E-state index in [1.165, 1.54) is 6.07 Å². The zero-order chi connectivity index (χ0) is 11.6. The molecule has 0 saturated heterocycles. The molecule has 1 aromatic carbocycles. The molecule has 0 bridgehead atoms. The van der Waals surface area contributed by atoms with Gasteiger partial charge < -0.3 is 15.9 Å². The molecule has 7 heteroatoms. The summed E-state index contributed by atoms with van der Waals surface area (Å²) in [5, 5.41) is 18.0. The summed E-state index contributed by atoms with van der Waals surface area (Å²) in [4.78, 5) is 0. The van der Waals surface area contributed by atoms with Crippen LogP contribution in [0, 0.1) is 0 Å². The van der Waals surface area contributed by atoms with Crippen molar-refractivity contribution in [2.75, 3.05) is 0 Å². The predicted molar refractivity (Wildman–Crippen MR) is 54.6 cm³/mol. The number of hydrogen-bond donors (Lipinski definition) is 3. The quantitative estimate of drug-likeness (QED) is 0.713. The van der Waals surface area contributed by atoms with Gasteiger partial charge in [-0.1, -0.05) is 6.07 Å². The molecule has 0 spiro atoms. The third-order valence-electron chi connectivity index (χ3n) is 1.88. The van der Waals surface area contributed by atoms with Gasteiger partial charge in [0.2, 0.25) is 0 Å². The largest absolute Gasteiger partial charge is 0.504 e. The van der Waals surface area contributed by atoms with Crippen molar-refractivity contribution in [3.8, 4) is 11.5 Å². The number of rotatable bonds is 2. The Bertz CT molecular complexity index is 357. The monoisotopic (exact) mass is 257 g/mol. The number of aromatic hydroxyl groups is 2. The molecule has 1 rings (SSSR count). The SMILES string of the molecule is Cl.N[C@@H](CC(F)(F)F)c1ccc(O)c(O)c1. The van der Waals surface area contributed by atoms with Crippen molar-refractivity contribution in [3.05, 3.63) is 23.8 Å². The van der Waals surface area contributed by atoms with Gasteiger partial charge in [0.15, 0.2) is 11.5 Å². The maximum absolute atomic E-state index is 12.0. The molecule has 16 heavy (non-hydrogen) atoms. The second-order valence-corrected chi connectivity index (χ2v) is 3.17. The fraction of sp³-hybridized carbons (Fsp3) is 0.333. The first kappa shape index (κ1) is 14.9. The van der Waals surface area contributed by atoms with E-state index < -0.39 is 30.1 Å². The number of hydrogen-bond acceptors (Lipinski definition) is 3. The minimum atomic E-state index is -4.35. The van der Waals surface area contributed by atoms with Crippen molar-refractivity contribution in [3.63, 3.8) is 0 Å². The first-order valence-corrected chi connectivity index (χ1v) is 4.14. The van der Waals surface area contributed by atoms with Crippen LogP contribution in [0.25, 0.3) is 0 Å². The molecule has 4 N–H and O–H groups in total. The van der Waals surface area contributed by atoms with Crippen molar-refractivity contribution in [1.82, 2.24) is 0 Å². The van der Waals surface area contributed by atoms with E-state index in [2.05, 4.69) is 0 Å². The molecule has 0 aliphatic rings. The Hall–Kier alpha value is -1.14. The Morgan fingerprint density at radius 1 is 1.19 bits per heavy atom. The van der Waals surface area contributed by atoms with Gasteiger partial charge in [-0.15, -0.1) is 12.4 Å². The van der Waals surface area contributed by atoms with Gasteiger partial charge in [0.25, 0.3) is 0 Å². The van der Waals surface area contributed by atoms with Gasteiger partial charge in [0.1, 0.15) is 0 Å². The van der Waals surface area contributed by atoms with Crippen LogP contribution in [0.15, 0.2) is 18.2 Å². The van der Waals surface area contributed by atoms with E-state index in [1.54, 1.807) is 0 Å². The molecule has 0 aromatic heterocycles. The number of benzene rings is 1. The number of alkyl halides is 3. The van der Waals surface area contributed by atoms with Crippen LogP contribution in [0.5, 0.6) is 11.5 Å². The molecule has 1 aromatic rings. The van der Waals surface area contributed by atoms with Crippen molar-refractivity contribution >= 4 is 12.4 Å². The molecule has 0 aliphatic carbocycles. The van der Waals surface area contributed by atoms with Crippen molar-refractivity contribution in [2.45, 2.75) is 18.6 Å². The minimum Gasteiger partial charge on any atom is -0.504 e. The average molecular weight is 258 g/mol. The highest BCUT2D eigenvalue weighted by Crippen LogP contribution is 2.32. The highest BCUT2D eigenvalue weighted by Gasteiger charge is 2.31. The summed E-state index contributed by atoms with van der Waals surface area (Å²) in [7, 11) is 0. The summed E-state index contributed by atoms with van der Waals surface area (Å²) in [6.07, 6.45) is -5.52. The van der Waals surface area contributed by atoms with Crippen LogP contribution in [-0.2, 0) is 0 Å². The fourth-order valence-corrected chi connectivity index (χ4v) is 1.14. The van der Waals surface area contributed by atoms with Crippen LogP contribution in [-0.4, -0.2) is 16.4 Å². The lowest BCUT2D eigenvalue weighted by Gasteiger charge is -2.14. The summed E-state index contributed by atoms with van der Waals surface area (Å²) in [6, 6.07) is 2.12. The average Bonchev–Trinajstić information content (AvgIpc) is 2.06. The first-order chi connectivity index (χ1) is 6.79. The lowest BCUT2D eigenvalue weighted by Crippen LogP contribution is -2.20. The highest BCUT2D eigenvalue weighted by atomic mass is 35.5. The molecule has 0 unspecified atom stereocenters. The first-order valence-electron chi connectivity index (χ1n) is 4.14. The molecular weight excluding hydrogens is 247 g/mol. The zero-order valence-corrected chi connectivity index (χ0v) is 8.85. The molecule has 0 heterocycles. The van der Waals surface area contributed by atoms with Crippen LogP contribution in [0.4, 0.5) is 13.2 Å². The normalized spacial score (nSPS) is 13.0. The van der Waals surface area contributed by atoms with Crippen molar-refractivity contribution in [2.24, 2.45) is 5.73 Å². The third-order valence-corrected chi connectivity index (χ3v) is 1.88. The third kappa shape index (κ3) is 4.16. The number of nitrogens with two attached hydrogens (primary N) is 1. The highest BCUT2D eigenvalue weighted by molar-refractivity contribution is 5.85. The van der Waals surface area contributed by atoms with Crippen LogP contribution in [0.2, 0.25) is 0 Å². The lowest BCUT2D eigenvalue weighted by atomic mass is 10.0. The smallest absolute Gasteiger partial charge is 0.390 e. The van der Waals surface area contributed by atoms with Crippen molar-refractivity contribution in [1.29, 1.82) is 0 Å². The topological polar surface area (TPSA) is 66.5 Å². The maximum atomic E-state index is 12.0. The fourth-order valence-electron chi connectivity index (χ4n) is 1.14. The van der Waals surface area contributed by atoms with Crippen LogP contribution < -0.4 is 5.73 Å². The van der Waals surface area contributed by atoms with E-state index in [4.69, 9.17) is 15.9 Å². The maximum Gasteiger partial charge on any atom is 0.390 e. The summed E-state index contributed by atoms with van der Waals surface area (Å²) in [5.74, 6) is -0.872. The molecule has 1 atom stereocenters. The van der Waals surface area contributed by atoms with E-state index in [-0.39, 0.29) is 18.0 Å². The van der Waals surface area contributed by atoms with Crippen LogP contribution in [0.1, 0.15) is 18.0 Å². The molecule has 3 nitrogen and oxygen atoms in total. The van der Waals surface area contributed by atoms with E-state index >= 15 is 0 Å². The predicted octanol–water partition coefficient (Wildman–Crippen LogP) is 2.47. The summed E-state index contributed by atoms with van der Waals surface area (Å²) in [6.45, 7) is 0.